The van der Waals surface area contributed by atoms with Gasteiger partial charge in [-0.05, 0) is 37.5 Å². The molecule has 1 fully saturated rings. The molecule has 0 saturated heterocycles. The first-order valence-electron chi connectivity index (χ1n) is 6.43. The molecule has 1 aliphatic rings. The fourth-order valence-electron chi connectivity index (χ4n) is 1.83. The fraction of sp³-hybridized carbons (Fsp3) is 0.500. The minimum Gasteiger partial charge on any atom is -0.355 e. The molecule has 1 aliphatic carbocycles. The van der Waals surface area contributed by atoms with Crippen molar-refractivity contribution < 1.29 is 4.79 Å². The Bertz CT molecular complexity index is 401. The molecule has 98 valence electrons. The van der Waals surface area contributed by atoms with Gasteiger partial charge in [0.1, 0.15) is 0 Å². The van der Waals surface area contributed by atoms with Crippen LogP contribution in [-0.4, -0.2) is 19.0 Å². The third kappa shape index (κ3) is 4.10. The smallest absolute Gasteiger partial charge is 0.223 e. The Morgan fingerprint density at radius 3 is 2.61 bits per heavy atom. The molecule has 0 aliphatic heterocycles. The van der Waals surface area contributed by atoms with Crippen LogP contribution in [0, 0.1) is 5.92 Å². The molecule has 18 heavy (non-hydrogen) atoms. The van der Waals surface area contributed by atoms with E-state index in [1.54, 1.807) is 0 Å². The molecule has 1 aromatic rings. The van der Waals surface area contributed by atoms with Gasteiger partial charge < -0.3 is 10.6 Å². The summed E-state index contributed by atoms with van der Waals surface area (Å²) in [6.45, 7) is 3.64. The third-order valence-corrected chi connectivity index (χ3v) is 3.72. The highest BCUT2D eigenvalue weighted by Crippen LogP contribution is 2.28. The van der Waals surface area contributed by atoms with E-state index in [1.165, 1.54) is 5.56 Å². The van der Waals surface area contributed by atoms with E-state index in [-0.39, 0.29) is 5.91 Å². The van der Waals surface area contributed by atoms with Crippen molar-refractivity contribution in [2.24, 2.45) is 5.92 Å². The molecular weight excluding hydrogens is 292 g/mol. The molecule has 1 unspecified atom stereocenters. The molecule has 3 nitrogen and oxygen atoms in total. The largest absolute Gasteiger partial charge is 0.355 e. The quantitative estimate of drug-likeness (QED) is 0.793. The lowest BCUT2D eigenvalue weighted by molar-refractivity contribution is -0.122. The number of rotatable bonds is 6. The summed E-state index contributed by atoms with van der Waals surface area (Å²) in [4.78, 5) is 11.4. The van der Waals surface area contributed by atoms with E-state index in [9.17, 15) is 4.79 Å². The SMILES string of the molecule is CC(NCCNC(=O)C1CC1)c1ccc(Br)cc1. The average Bonchev–Trinajstić information content (AvgIpc) is 3.19. The van der Waals surface area contributed by atoms with Gasteiger partial charge in [0.15, 0.2) is 0 Å². The van der Waals surface area contributed by atoms with Crippen LogP contribution in [0.3, 0.4) is 0 Å². The van der Waals surface area contributed by atoms with Crippen molar-refractivity contribution in [1.29, 1.82) is 0 Å². The Morgan fingerprint density at radius 1 is 1.33 bits per heavy atom. The first kappa shape index (κ1) is 13.6. The maximum absolute atomic E-state index is 11.4. The van der Waals surface area contributed by atoms with Gasteiger partial charge in [-0.2, -0.15) is 0 Å². The van der Waals surface area contributed by atoms with Crippen molar-refractivity contribution >= 4 is 21.8 Å². The topological polar surface area (TPSA) is 41.1 Å². The van der Waals surface area contributed by atoms with Crippen LogP contribution in [0.25, 0.3) is 0 Å². The highest BCUT2D eigenvalue weighted by atomic mass is 79.9. The number of benzene rings is 1. The highest BCUT2D eigenvalue weighted by molar-refractivity contribution is 9.10. The number of halogens is 1. The van der Waals surface area contributed by atoms with Gasteiger partial charge in [-0.25, -0.2) is 0 Å². The van der Waals surface area contributed by atoms with Gasteiger partial charge in [-0.15, -0.1) is 0 Å². The summed E-state index contributed by atoms with van der Waals surface area (Å²) in [5.74, 6) is 0.516. The molecule has 1 amide bonds. The Balaban J connectivity index is 1.66. The Morgan fingerprint density at radius 2 is 2.00 bits per heavy atom. The Hall–Kier alpha value is -0.870. The van der Waals surface area contributed by atoms with Crippen LogP contribution in [0.4, 0.5) is 0 Å². The Kier molecular flexibility index (Phi) is 4.78. The molecule has 0 aromatic heterocycles. The number of hydrogen-bond donors (Lipinski definition) is 2. The molecule has 0 bridgehead atoms. The summed E-state index contributed by atoms with van der Waals surface area (Å²) in [6, 6.07) is 8.59. The molecular formula is C14H19BrN2O. The summed E-state index contributed by atoms with van der Waals surface area (Å²) in [5.41, 5.74) is 1.26. The van der Waals surface area contributed by atoms with Gasteiger partial charge in [-0.3, -0.25) is 4.79 Å². The summed E-state index contributed by atoms with van der Waals surface area (Å²) in [6.07, 6.45) is 2.13. The predicted molar refractivity (Wildman–Crippen MR) is 76.3 cm³/mol. The van der Waals surface area contributed by atoms with Crippen molar-refractivity contribution in [2.75, 3.05) is 13.1 Å². The second-order valence-electron chi connectivity index (χ2n) is 4.79. The standard InChI is InChI=1S/C14H19BrN2O/c1-10(11-4-6-13(15)7-5-11)16-8-9-17-14(18)12-2-3-12/h4-7,10,12,16H,2-3,8-9H2,1H3,(H,17,18). The van der Waals surface area contributed by atoms with E-state index in [2.05, 4.69) is 45.6 Å². The molecule has 0 heterocycles. The molecule has 0 spiro atoms. The first-order chi connectivity index (χ1) is 8.66. The maximum atomic E-state index is 11.4. The van der Waals surface area contributed by atoms with E-state index >= 15 is 0 Å². The van der Waals surface area contributed by atoms with Crippen LogP contribution in [0.2, 0.25) is 0 Å². The molecule has 2 rings (SSSR count). The molecule has 1 aromatic carbocycles. The normalized spacial score (nSPS) is 16.3. The van der Waals surface area contributed by atoms with Gasteiger partial charge in [0.05, 0.1) is 0 Å². The minimum atomic E-state index is 0.216. The van der Waals surface area contributed by atoms with E-state index in [4.69, 9.17) is 0 Å². The third-order valence-electron chi connectivity index (χ3n) is 3.19. The van der Waals surface area contributed by atoms with E-state index < -0.39 is 0 Å². The lowest BCUT2D eigenvalue weighted by Crippen LogP contribution is -2.33. The molecule has 1 saturated carbocycles. The number of carbonyl (C=O) groups excluding carboxylic acids is 1. The van der Waals surface area contributed by atoms with Crippen molar-refractivity contribution in [2.45, 2.75) is 25.8 Å². The zero-order valence-corrected chi connectivity index (χ0v) is 12.2. The molecule has 2 N–H and O–H groups in total. The van der Waals surface area contributed by atoms with Crippen LogP contribution in [0.5, 0.6) is 0 Å². The number of carbonyl (C=O) groups is 1. The molecule has 4 heteroatoms. The van der Waals surface area contributed by atoms with Gasteiger partial charge in [0.2, 0.25) is 5.91 Å². The first-order valence-corrected chi connectivity index (χ1v) is 7.22. The monoisotopic (exact) mass is 310 g/mol. The fourth-order valence-corrected chi connectivity index (χ4v) is 2.10. The van der Waals surface area contributed by atoms with E-state index in [1.807, 2.05) is 12.1 Å². The maximum Gasteiger partial charge on any atom is 0.223 e. The van der Waals surface area contributed by atoms with E-state index in [0.717, 1.165) is 23.9 Å². The van der Waals surface area contributed by atoms with Crippen LogP contribution < -0.4 is 10.6 Å². The highest BCUT2D eigenvalue weighted by Gasteiger charge is 2.28. The summed E-state index contributed by atoms with van der Waals surface area (Å²) in [7, 11) is 0. The van der Waals surface area contributed by atoms with Crippen molar-refractivity contribution in [3.8, 4) is 0 Å². The van der Waals surface area contributed by atoms with Crippen molar-refractivity contribution in [3.63, 3.8) is 0 Å². The van der Waals surface area contributed by atoms with E-state index in [0.29, 0.717) is 18.5 Å². The lowest BCUT2D eigenvalue weighted by Gasteiger charge is -2.14. The second kappa shape index (κ2) is 6.34. The summed E-state index contributed by atoms with van der Waals surface area (Å²) < 4.78 is 1.09. The van der Waals surface area contributed by atoms with Crippen LogP contribution >= 0.6 is 15.9 Å². The van der Waals surface area contributed by atoms with Gasteiger partial charge in [-0.1, -0.05) is 28.1 Å². The van der Waals surface area contributed by atoms with Crippen LogP contribution in [0.1, 0.15) is 31.4 Å². The van der Waals surface area contributed by atoms with Crippen molar-refractivity contribution in [3.05, 3.63) is 34.3 Å². The lowest BCUT2D eigenvalue weighted by atomic mass is 10.1. The van der Waals surface area contributed by atoms with Gasteiger partial charge in [0, 0.05) is 29.5 Å². The zero-order valence-electron chi connectivity index (χ0n) is 10.6. The van der Waals surface area contributed by atoms with Crippen molar-refractivity contribution in [1.82, 2.24) is 10.6 Å². The number of amides is 1. The summed E-state index contributed by atoms with van der Waals surface area (Å²) in [5, 5.41) is 6.35. The van der Waals surface area contributed by atoms with Gasteiger partial charge in [0.25, 0.3) is 0 Å². The number of nitrogens with one attached hydrogen (secondary N) is 2. The molecule has 1 atom stereocenters. The summed E-state index contributed by atoms with van der Waals surface area (Å²) >= 11 is 3.43. The second-order valence-corrected chi connectivity index (χ2v) is 5.71. The zero-order chi connectivity index (χ0) is 13.0. The van der Waals surface area contributed by atoms with Crippen LogP contribution in [0.15, 0.2) is 28.7 Å². The minimum absolute atomic E-state index is 0.216. The van der Waals surface area contributed by atoms with Crippen LogP contribution in [-0.2, 0) is 4.79 Å². The molecule has 0 radical (unpaired) electrons. The average molecular weight is 311 g/mol. The predicted octanol–water partition coefficient (Wildman–Crippen LogP) is 2.63. The Labute approximate surface area is 116 Å². The number of hydrogen-bond acceptors (Lipinski definition) is 2. The van der Waals surface area contributed by atoms with Gasteiger partial charge >= 0.3 is 0 Å².